The van der Waals surface area contributed by atoms with E-state index in [-0.39, 0.29) is 17.9 Å². The SMILES string of the molecule is O=C(CCc1ccccc1)NCc1cc(=O)cco1. The second-order valence-corrected chi connectivity index (χ2v) is 4.20. The first kappa shape index (κ1) is 13.1. The summed E-state index contributed by atoms with van der Waals surface area (Å²) in [6.45, 7) is 0.240. The lowest BCUT2D eigenvalue weighted by molar-refractivity contribution is -0.121. The zero-order valence-electron chi connectivity index (χ0n) is 10.5. The van der Waals surface area contributed by atoms with E-state index in [0.717, 1.165) is 5.56 Å². The van der Waals surface area contributed by atoms with Gasteiger partial charge in [0.15, 0.2) is 5.43 Å². The molecule has 0 saturated carbocycles. The van der Waals surface area contributed by atoms with Crippen molar-refractivity contribution in [2.75, 3.05) is 0 Å². The van der Waals surface area contributed by atoms with E-state index in [4.69, 9.17) is 4.42 Å². The number of hydrogen-bond acceptors (Lipinski definition) is 3. The van der Waals surface area contributed by atoms with E-state index >= 15 is 0 Å². The molecule has 0 aliphatic carbocycles. The number of carbonyl (C=O) groups is 1. The number of benzene rings is 1. The number of nitrogens with one attached hydrogen (secondary N) is 1. The third-order valence-electron chi connectivity index (χ3n) is 2.70. The van der Waals surface area contributed by atoms with Crippen LogP contribution in [0.2, 0.25) is 0 Å². The van der Waals surface area contributed by atoms with Gasteiger partial charge in [-0.05, 0) is 12.0 Å². The maximum Gasteiger partial charge on any atom is 0.220 e. The predicted octanol–water partition coefficient (Wildman–Crippen LogP) is 1.89. The Hall–Kier alpha value is -2.36. The predicted molar refractivity (Wildman–Crippen MR) is 71.6 cm³/mol. The number of amides is 1. The van der Waals surface area contributed by atoms with Gasteiger partial charge in [0.05, 0.1) is 12.8 Å². The molecule has 1 aromatic carbocycles. The zero-order chi connectivity index (χ0) is 13.5. The van der Waals surface area contributed by atoms with E-state index in [1.165, 1.54) is 18.4 Å². The number of rotatable bonds is 5. The van der Waals surface area contributed by atoms with Gasteiger partial charge in [-0.15, -0.1) is 0 Å². The van der Waals surface area contributed by atoms with E-state index in [2.05, 4.69) is 5.32 Å². The molecule has 0 aliphatic rings. The Morgan fingerprint density at radius 2 is 1.95 bits per heavy atom. The van der Waals surface area contributed by atoms with Crippen molar-refractivity contribution in [2.45, 2.75) is 19.4 Å². The number of aryl methyl sites for hydroxylation is 1. The molecule has 0 aliphatic heterocycles. The van der Waals surface area contributed by atoms with Gasteiger partial charge in [0.2, 0.25) is 5.91 Å². The highest BCUT2D eigenvalue weighted by molar-refractivity contribution is 5.76. The molecule has 98 valence electrons. The van der Waals surface area contributed by atoms with Crippen molar-refractivity contribution in [1.82, 2.24) is 5.32 Å². The molecular formula is C15H15NO3. The van der Waals surface area contributed by atoms with Crippen molar-refractivity contribution >= 4 is 5.91 Å². The fraction of sp³-hybridized carbons (Fsp3) is 0.200. The Morgan fingerprint density at radius 1 is 1.16 bits per heavy atom. The van der Waals surface area contributed by atoms with Crippen LogP contribution in [0, 0.1) is 0 Å². The minimum Gasteiger partial charge on any atom is -0.467 e. The fourth-order valence-corrected chi connectivity index (χ4v) is 1.70. The average molecular weight is 257 g/mol. The van der Waals surface area contributed by atoms with Gasteiger partial charge in [-0.25, -0.2) is 0 Å². The molecule has 0 fully saturated rings. The second-order valence-electron chi connectivity index (χ2n) is 4.20. The van der Waals surface area contributed by atoms with Gasteiger partial charge in [0.1, 0.15) is 5.76 Å². The summed E-state index contributed by atoms with van der Waals surface area (Å²) in [5.41, 5.74) is 1.00. The molecule has 0 saturated heterocycles. The van der Waals surface area contributed by atoms with E-state index in [1.807, 2.05) is 30.3 Å². The lowest BCUT2D eigenvalue weighted by Gasteiger charge is -2.04. The first-order valence-electron chi connectivity index (χ1n) is 6.12. The van der Waals surface area contributed by atoms with Gasteiger partial charge >= 0.3 is 0 Å². The van der Waals surface area contributed by atoms with Crippen molar-refractivity contribution in [3.8, 4) is 0 Å². The second kappa shape index (κ2) is 6.54. The van der Waals surface area contributed by atoms with E-state index < -0.39 is 0 Å². The van der Waals surface area contributed by atoms with Crippen molar-refractivity contribution in [2.24, 2.45) is 0 Å². The molecule has 0 bridgehead atoms. The first-order valence-corrected chi connectivity index (χ1v) is 6.12. The van der Waals surface area contributed by atoms with Crippen LogP contribution in [0.5, 0.6) is 0 Å². The topological polar surface area (TPSA) is 59.3 Å². The molecule has 2 rings (SSSR count). The molecule has 1 heterocycles. The van der Waals surface area contributed by atoms with Gasteiger partial charge in [-0.1, -0.05) is 30.3 Å². The van der Waals surface area contributed by atoms with Crippen LogP contribution in [-0.2, 0) is 17.8 Å². The quantitative estimate of drug-likeness (QED) is 0.889. The summed E-state index contributed by atoms with van der Waals surface area (Å²) >= 11 is 0. The fourth-order valence-electron chi connectivity index (χ4n) is 1.70. The van der Waals surface area contributed by atoms with Gasteiger partial charge in [0, 0.05) is 18.6 Å². The molecule has 0 atom stereocenters. The Labute approximate surface area is 111 Å². The monoisotopic (exact) mass is 257 g/mol. The zero-order valence-corrected chi connectivity index (χ0v) is 10.5. The Morgan fingerprint density at radius 3 is 2.68 bits per heavy atom. The largest absolute Gasteiger partial charge is 0.467 e. The molecule has 0 unspecified atom stereocenters. The number of carbonyl (C=O) groups excluding carboxylic acids is 1. The van der Waals surface area contributed by atoms with Gasteiger partial charge in [-0.3, -0.25) is 9.59 Å². The molecule has 19 heavy (non-hydrogen) atoms. The standard InChI is InChI=1S/C15H15NO3/c17-13-8-9-19-14(10-13)11-16-15(18)7-6-12-4-2-1-3-5-12/h1-5,8-10H,6-7,11H2,(H,16,18). The molecule has 0 radical (unpaired) electrons. The first-order chi connectivity index (χ1) is 9.24. The third-order valence-corrected chi connectivity index (χ3v) is 2.70. The summed E-state index contributed by atoms with van der Waals surface area (Å²) in [6, 6.07) is 12.5. The summed E-state index contributed by atoms with van der Waals surface area (Å²) in [7, 11) is 0. The van der Waals surface area contributed by atoms with E-state index in [1.54, 1.807) is 0 Å². The molecule has 1 amide bonds. The van der Waals surface area contributed by atoms with Crippen LogP contribution < -0.4 is 10.7 Å². The summed E-state index contributed by atoms with van der Waals surface area (Å²) in [5, 5.41) is 2.72. The van der Waals surface area contributed by atoms with Crippen LogP contribution in [0.15, 0.2) is 57.9 Å². The van der Waals surface area contributed by atoms with Crippen LogP contribution in [-0.4, -0.2) is 5.91 Å². The van der Waals surface area contributed by atoms with Crippen molar-refractivity contribution in [3.63, 3.8) is 0 Å². The third kappa shape index (κ3) is 4.43. The molecule has 4 heteroatoms. The van der Waals surface area contributed by atoms with E-state index in [0.29, 0.717) is 18.6 Å². The van der Waals surface area contributed by atoms with Crippen molar-refractivity contribution in [3.05, 3.63) is 70.3 Å². The van der Waals surface area contributed by atoms with Crippen molar-refractivity contribution in [1.29, 1.82) is 0 Å². The summed E-state index contributed by atoms with van der Waals surface area (Å²) < 4.78 is 5.11. The maximum atomic E-state index is 11.6. The summed E-state index contributed by atoms with van der Waals surface area (Å²) in [4.78, 5) is 22.7. The molecular weight excluding hydrogens is 242 g/mol. The van der Waals surface area contributed by atoms with Crippen molar-refractivity contribution < 1.29 is 9.21 Å². The van der Waals surface area contributed by atoms with Gasteiger partial charge in [0.25, 0.3) is 0 Å². The van der Waals surface area contributed by atoms with Crippen LogP contribution in [0.4, 0.5) is 0 Å². The summed E-state index contributed by atoms with van der Waals surface area (Å²) in [5.74, 6) is 0.399. The Kier molecular flexibility index (Phi) is 4.50. The van der Waals surface area contributed by atoms with Gasteiger partial charge < -0.3 is 9.73 Å². The highest BCUT2D eigenvalue weighted by atomic mass is 16.3. The highest BCUT2D eigenvalue weighted by Gasteiger charge is 2.03. The highest BCUT2D eigenvalue weighted by Crippen LogP contribution is 2.02. The minimum absolute atomic E-state index is 0.0599. The lowest BCUT2D eigenvalue weighted by atomic mass is 10.1. The maximum absolute atomic E-state index is 11.6. The Bertz CT molecular complexity index is 590. The lowest BCUT2D eigenvalue weighted by Crippen LogP contribution is -2.23. The number of hydrogen-bond donors (Lipinski definition) is 1. The van der Waals surface area contributed by atoms with Crippen LogP contribution in [0.1, 0.15) is 17.7 Å². The molecule has 0 spiro atoms. The van der Waals surface area contributed by atoms with Crippen LogP contribution in [0.25, 0.3) is 0 Å². The van der Waals surface area contributed by atoms with E-state index in [9.17, 15) is 9.59 Å². The molecule has 2 aromatic rings. The molecule has 4 nitrogen and oxygen atoms in total. The van der Waals surface area contributed by atoms with Crippen LogP contribution >= 0.6 is 0 Å². The van der Waals surface area contributed by atoms with Gasteiger partial charge in [-0.2, -0.15) is 0 Å². The summed E-state index contributed by atoms with van der Waals surface area (Å²) in [6.07, 6.45) is 2.44. The molecule has 1 N–H and O–H groups in total. The smallest absolute Gasteiger partial charge is 0.220 e. The minimum atomic E-state index is -0.125. The molecule has 1 aromatic heterocycles. The Balaban J connectivity index is 1.77. The average Bonchev–Trinajstić information content (AvgIpc) is 2.44. The van der Waals surface area contributed by atoms with Crippen LogP contribution in [0.3, 0.4) is 0 Å². The normalized spacial score (nSPS) is 10.1.